The van der Waals surface area contributed by atoms with Crippen LogP contribution >= 0.6 is 0 Å². The van der Waals surface area contributed by atoms with Crippen LogP contribution in [0.3, 0.4) is 0 Å². The van der Waals surface area contributed by atoms with Gasteiger partial charge in [-0.05, 0) is 118 Å². The fraction of sp³-hybridized carbons (Fsp3) is 0.471. The van der Waals surface area contributed by atoms with Crippen molar-refractivity contribution < 1.29 is 14.6 Å². The van der Waals surface area contributed by atoms with Crippen LogP contribution in [0.5, 0.6) is 5.75 Å². The molecule has 0 radical (unpaired) electrons. The van der Waals surface area contributed by atoms with E-state index in [1.807, 2.05) is 48.5 Å². The van der Waals surface area contributed by atoms with E-state index in [9.17, 15) is 9.90 Å². The third-order valence-electron chi connectivity index (χ3n) is 8.70. The van der Waals surface area contributed by atoms with E-state index in [0.29, 0.717) is 24.7 Å². The maximum absolute atomic E-state index is 13.9. The van der Waals surface area contributed by atoms with Gasteiger partial charge in [0.25, 0.3) is 0 Å². The van der Waals surface area contributed by atoms with Gasteiger partial charge in [0.1, 0.15) is 11.4 Å². The zero-order chi connectivity index (χ0) is 28.1. The molecule has 1 heterocycles. The molecule has 2 aliphatic carbocycles. The predicted octanol–water partition coefficient (Wildman–Crippen LogP) is 6.00. The maximum Gasteiger partial charge on any atom is 0.230 e. The first-order valence-corrected chi connectivity index (χ1v) is 14.7. The van der Waals surface area contributed by atoms with Crippen LogP contribution in [0.15, 0.2) is 54.7 Å². The van der Waals surface area contributed by atoms with Gasteiger partial charge in [0.2, 0.25) is 5.91 Å². The van der Waals surface area contributed by atoms with Crippen LogP contribution in [0, 0.1) is 30.6 Å². The summed E-state index contributed by atoms with van der Waals surface area (Å²) in [5.74, 6) is 8.46. The van der Waals surface area contributed by atoms with Gasteiger partial charge in [-0.3, -0.25) is 9.48 Å². The molecule has 2 aromatic carbocycles. The molecular weight excluding hydrogens is 498 g/mol. The predicted molar refractivity (Wildman–Crippen MR) is 158 cm³/mol. The van der Waals surface area contributed by atoms with E-state index in [2.05, 4.69) is 42.1 Å². The molecule has 0 unspecified atom stereocenters. The molecule has 1 N–H and O–H groups in total. The van der Waals surface area contributed by atoms with E-state index in [0.717, 1.165) is 67.8 Å². The SMILES string of the molecule is COc1ccc([C@H]2CC[C@H](CN(c3cccc(C#Cc4ccn(C)n4)c3)C(=O)[C@H]3CC[C@H](O)CC3)CC2)cc1C. The van der Waals surface area contributed by atoms with Crippen molar-refractivity contribution in [3.05, 3.63) is 77.1 Å². The first-order valence-electron chi connectivity index (χ1n) is 14.7. The number of carbonyl (C=O) groups excluding carboxylic acids is 1. The van der Waals surface area contributed by atoms with Gasteiger partial charge in [-0.15, -0.1) is 0 Å². The number of aryl methyl sites for hydroxylation is 2. The highest BCUT2D eigenvalue weighted by atomic mass is 16.5. The lowest BCUT2D eigenvalue weighted by Gasteiger charge is -2.36. The summed E-state index contributed by atoms with van der Waals surface area (Å²) in [6.07, 6.45) is 8.96. The van der Waals surface area contributed by atoms with E-state index < -0.39 is 0 Å². The molecule has 2 fully saturated rings. The van der Waals surface area contributed by atoms with Crippen molar-refractivity contribution in [2.24, 2.45) is 18.9 Å². The third kappa shape index (κ3) is 6.77. The molecule has 210 valence electrons. The zero-order valence-electron chi connectivity index (χ0n) is 24.0. The van der Waals surface area contributed by atoms with Gasteiger partial charge in [0.15, 0.2) is 0 Å². The van der Waals surface area contributed by atoms with E-state index in [1.165, 1.54) is 11.1 Å². The highest BCUT2D eigenvalue weighted by Crippen LogP contribution is 2.38. The molecule has 3 aromatic rings. The molecule has 1 aromatic heterocycles. The van der Waals surface area contributed by atoms with Crippen molar-refractivity contribution in [2.75, 3.05) is 18.6 Å². The maximum atomic E-state index is 13.9. The topological polar surface area (TPSA) is 67.6 Å². The standard InChI is InChI=1S/C34H41N3O3/c1-24-21-29(14-18-33(24)40-3)27-10-7-26(8-11-27)23-37(34(39)28-12-16-32(38)17-13-28)31-6-4-5-25(22-31)9-15-30-19-20-36(2)35-30/h4-6,14,18-22,26-28,32,38H,7-8,10-13,16-17,23H2,1-3H3/t26-,27-,28-,32-. The summed E-state index contributed by atoms with van der Waals surface area (Å²) in [4.78, 5) is 16.0. The summed E-state index contributed by atoms with van der Waals surface area (Å²) in [5.41, 5.74) is 5.09. The lowest BCUT2D eigenvalue weighted by atomic mass is 9.78. The minimum absolute atomic E-state index is 0.0368. The Balaban J connectivity index is 1.32. The summed E-state index contributed by atoms with van der Waals surface area (Å²) in [5, 5.41) is 14.4. The summed E-state index contributed by atoms with van der Waals surface area (Å²) >= 11 is 0. The summed E-state index contributed by atoms with van der Waals surface area (Å²) in [6, 6.07) is 16.5. The van der Waals surface area contributed by atoms with Crippen molar-refractivity contribution in [2.45, 2.75) is 70.3 Å². The first-order chi connectivity index (χ1) is 19.4. The lowest BCUT2D eigenvalue weighted by molar-refractivity contribution is -0.124. The Hall–Kier alpha value is -3.56. The van der Waals surface area contributed by atoms with Gasteiger partial charge in [0.05, 0.1) is 13.2 Å². The number of ether oxygens (including phenoxy) is 1. The fourth-order valence-corrected chi connectivity index (χ4v) is 6.33. The summed E-state index contributed by atoms with van der Waals surface area (Å²) in [6.45, 7) is 2.83. The van der Waals surface area contributed by atoms with Crippen LogP contribution in [-0.4, -0.2) is 40.6 Å². The number of amides is 1. The summed E-state index contributed by atoms with van der Waals surface area (Å²) in [7, 11) is 3.60. The highest BCUT2D eigenvalue weighted by molar-refractivity contribution is 5.95. The number of anilines is 1. The molecular formula is C34H41N3O3. The van der Waals surface area contributed by atoms with Crippen LogP contribution in [0.2, 0.25) is 0 Å². The molecule has 6 nitrogen and oxygen atoms in total. The minimum Gasteiger partial charge on any atom is -0.496 e. The van der Waals surface area contributed by atoms with Gasteiger partial charge >= 0.3 is 0 Å². The molecule has 0 bridgehead atoms. The second kappa shape index (κ2) is 12.7. The van der Waals surface area contributed by atoms with Crippen molar-refractivity contribution in [3.8, 4) is 17.6 Å². The van der Waals surface area contributed by atoms with Crippen LogP contribution in [0.4, 0.5) is 5.69 Å². The van der Waals surface area contributed by atoms with Crippen LogP contribution in [0.25, 0.3) is 0 Å². The van der Waals surface area contributed by atoms with Gasteiger partial charge in [0, 0.05) is 37.0 Å². The van der Waals surface area contributed by atoms with E-state index >= 15 is 0 Å². The monoisotopic (exact) mass is 539 g/mol. The molecule has 6 heteroatoms. The largest absolute Gasteiger partial charge is 0.496 e. The van der Waals surface area contributed by atoms with Crippen molar-refractivity contribution in [3.63, 3.8) is 0 Å². The molecule has 0 atom stereocenters. The number of nitrogens with zero attached hydrogens (tertiary/aromatic N) is 3. The quantitative estimate of drug-likeness (QED) is 0.391. The van der Waals surface area contributed by atoms with Gasteiger partial charge < -0.3 is 14.7 Å². The van der Waals surface area contributed by atoms with Crippen molar-refractivity contribution in [1.29, 1.82) is 0 Å². The Morgan fingerprint density at radius 1 is 1.02 bits per heavy atom. The van der Waals surface area contributed by atoms with E-state index in [-0.39, 0.29) is 17.9 Å². The number of rotatable bonds is 6. The number of benzene rings is 2. The number of methoxy groups -OCH3 is 1. The average Bonchev–Trinajstić information content (AvgIpc) is 3.40. The molecule has 5 rings (SSSR count). The van der Waals surface area contributed by atoms with Crippen LogP contribution in [-0.2, 0) is 11.8 Å². The van der Waals surface area contributed by atoms with E-state index in [1.54, 1.807) is 11.8 Å². The van der Waals surface area contributed by atoms with Crippen LogP contribution < -0.4 is 9.64 Å². The molecule has 2 saturated carbocycles. The molecule has 1 amide bonds. The Morgan fingerprint density at radius 2 is 1.80 bits per heavy atom. The van der Waals surface area contributed by atoms with E-state index in [4.69, 9.17) is 4.74 Å². The number of hydrogen-bond acceptors (Lipinski definition) is 4. The average molecular weight is 540 g/mol. The van der Waals surface area contributed by atoms with Gasteiger partial charge in [-0.25, -0.2) is 0 Å². The minimum atomic E-state index is -0.278. The highest BCUT2D eigenvalue weighted by Gasteiger charge is 2.32. The molecule has 0 saturated heterocycles. The van der Waals surface area contributed by atoms with Gasteiger partial charge in [-0.1, -0.05) is 24.1 Å². The molecule has 40 heavy (non-hydrogen) atoms. The van der Waals surface area contributed by atoms with Crippen LogP contribution in [0.1, 0.15) is 79.7 Å². The third-order valence-corrected chi connectivity index (χ3v) is 8.70. The lowest BCUT2D eigenvalue weighted by Crippen LogP contribution is -2.41. The molecule has 0 aliphatic heterocycles. The number of aliphatic hydroxyl groups excluding tert-OH is 1. The number of aromatic nitrogens is 2. The number of carbonyl (C=O) groups is 1. The number of hydrogen-bond donors (Lipinski definition) is 1. The molecule has 0 spiro atoms. The Kier molecular flexibility index (Phi) is 8.91. The first kappa shape index (κ1) is 28.0. The van der Waals surface area contributed by atoms with Crippen molar-refractivity contribution in [1.82, 2.24) is 9.78 Å². The Bertz CT molecular complexity index is 1370. The smallest absolute Gasteiger partial charge is 0.230 e. The number of aliphatic hydroxyl groups is 1. The van der Waals surface area contributed by atoms with Crippen molar-refractivity contribution >= 4 is 11.6 Å². The fourth-order valence-electron chi connectivity index (χ4n) is 6.33. The second-order valence-electron chi connectivity index (χ2n) is 11.6. The second-order valence-corrected chi connectivity index (χ2v) is 11.6. The zero-order valence-corrected chi connectivity index (χ0v) is 24.0. The Morgan fingerprint density at radius 3 is 2.48 bits per heavy atom. The summed E-state index contributed by atoms with van der Waals surface area (Å²) < 4.78 is 7.19. The van der Waals surface area contributed by atoms with Gasteiger partial charge in [-0.2, -0.15) is 5.10 Å². The Labute approximate surface area is 238 Å². The molecule has 2 aliphatic rings. The normalized spacial score (nSPS) is 22.7.